The normalized spacial score (nSPS) is 11.2. The largest absolute Gasteiger partial charge is 0.493 e. The predicted octanol–water partition coefficient (Wildman–Crippen LogP) is 4.30. The van der Waals surface area contributed by atoms with Crippen molar-refractivity contribution in [3.05, 3.63) is 131 Å². The fourth-order valence-corrected chi connectivity index (χ4v) is 3.62. The lowest BCUT2D eigenvalue weighted by atomic mass is 9.85. The average molecular weight is 481 g/mol. The van der Waals surface area contributed by atoms with Gasteiger partial charge in [-0.2, -0.15) is 5.10 Å². The molecule has 0 fully saturated rings. The number of amides is 1. The summed E-state index contributed by atoms with van der Waals surface area (Å²) in [5, 5.41) is 15.5. The van der Waals surface area contributed by atoms with E-state index in [2.05, 4.69) is 10.5 Å². The maximum absolute atomic E-state index is 13.2. The van der Waals surface area contributed by atoms with E-state index in [9.17, 15) is 14.7 Å². The molecule has 0 aromatic heterocycles. The van der Waals surface area contributed by atoms with E-state index in [1.165, 1.54) is 13.3 Å². The molecule has 7 heteroatoms. The zero-order chi connectivity index (χ0) is 25.4. The van der Waals surface area contributed by atoms with Crippen molar-refractivity contribution in [3.63, 3.8) is 0 Å². The Morgan fingerprint density at radius 3 is 1.92 bits per heavy atom. The van der Waals surface area contributed by atoms with Crippen LogP contribution >= 0.6 is 0 Å². The van der Waals surface area contributed by atoms with Crippen LogP contribution in [0.5, 0.6) is 11.5 Å². The van der Waals surface area contributed by atoms with Crippen molar-refractivity contribution in [1.82, 2.24) is 5.43 Å². The lowest BCUT2D eigenvalue weighted by Crippen LogP contribution is -2.43. The standard InChI is InChI=1S/C29H24N2O5/c1-35-25-18-17-21(19-26(25)36-27(32)22-11-5-2-6-12-22)20-30-31-28(33)29(34,23-13-7-3-8-14-23)24-15-9-4-10-16-24/h2-20,34H,1H3,(H,31,33)/b30-20-. The Morgan fingerprint density at radius 1 is 0.806 bits per heavy atom. The van der Waals surface area contributed by atoms with Crippen LogP contribution in [0, 0.1) is 0 Å². The third-order valence-electron chi connectivity index (χ3n) is 5.49. The molecular weight excluding hydrogens is 456 g/mol. The number of methoxy groups -OCH3 is 1. The van der Waals surface area contributed by atoms with Gasteiger partial charge in [0.25, 0.3) is 5.91 Å². The van der Waals surface area contributed by atoms with Gasteiger partial charge in [-0.05, 0) is 47.0 Å². The molecule has 0 spiro atoms. The maximum atomic E-state index is 13.2. The van der Waals surface area contributed by atoms with E-state index in [1.807, 2.05) is 0 Å². The molecule has 0 saturated heterocycles. The number of rotatable bonds is 8. The number of benzene rings is 4. The summed E-state index contributed by atoms with van der Waals surface area (Å²) in [4.78, 5) is 25.6. The minimum absolute atomic E-state index is 0.201. The summed E-state index contributed by atoms with van der Waals surface area (Å²) in [6, 6.07) is 30.7. The van der Waals surface area contributed by atoms with Gasteiger partial charge in [0, 0.05) is 0 Å². The summed E-state index contributed by atoms with van der Waals surface area (Å²) in [7, 11) is 1.47. The summed E-state index contributed by atoms with van der Waals surface area (Å²) in [5.41, 5.74) is 2.22. The number of esters is 1. The van der Waals surface area contributed by atoms with Crippen LogP contribution in [-0.4, -0.2) is 30.3 Å². The molecule has 0 aliphatic carbocycles. The predicted molar refractivity (Wildman–Crippen MR) is 136 cm³/mol. The summed E-state index contributed by atoms with van der Waals surface area (Å²) in [6.07, 6.45) is 1.38. The number of nitrogens with one attached hydrogen (secondary N) is 1. The van der Waals surface area contributed by atoms with Crippen LogP contribution < -0.4 is 14.9 Å². The second-order valence-electron chi connectivity index (χ2n) is 7.81. The van der Waals surface area contributed by atoms with Crippen molar-refractivity contribution in [3.8, 4) is 11.5 Å². The van der Waals surface area contributed by atoms with Crippen LogP contribution in [0.1, 0.15) is 27.0 Å². The molecule has 4 aromatic carbocycles. The molecule has 7 nitrogen and oxygen atoms in total. The average Bonchev–Trinajstić information content (AvgIpc) is 2.94. The smallest absolute Gasteiger partial charge is 0.343 e. The molecule has 4 aromatic rings. The lowest BCUT2D eigenvalue weighted by molar-refractivity contribution is -0.136. The molecule has 0 radical (unpaired) electrons. The van der Waals surface area contributed by atoms with Crippen LogP contribution in [0.2, 0.25) is 0 Å². The molecule has 0 aliphatic rings. The quantitative estimate of drug-likeness (QED) is 0.170. The van der Waals surface area contributed by atoms with Crippen molar-refractivity contribution in [1.29, 1.82) is 0 Å². The van der Waals surface area contributed by atoms with Crippen LogP contribution in [0.3, 0.4) is 0 Å². The van der Waals surface area contributed by atoms with Gasteiger partial charge in [-0.25, -0.2) is 10.2 Å². The lowest BCUT2D eigenvalue weighted by Gasteiger charge is -2.27. The first-order valence-electron chi connectivity index (χ1n) is 11.1. The Bertz CT molecular complexity index is 1320. The number of ether oxygens (including phenoxy) is 2. The van der Waals surface area contributed by atoms with Crippen molar-refractivity contribution >= 4 is 18.1 Å². The molecule has 0 heterocycles. The molecule has 0 atom stereocenters. The molecule has 0 unspecified atom stereocenters. The second kappa shape index (κ2) is 11.1. The highest BCUT2D eigenvalue weighted by molar-refractivity contribution is 5.92. The summed E-state index contributed by atoms with van der Waals surface area (Å²) in [5.74, 6) is -0.692. The zero-order valence-corrected chi connectivity index (χ0v) is 19.5. The first kappa shape index (κ1) is 24.4. The summed E-state index contributed by atoms with van der Waals surface area (Å²) >= 11 is 0. The van der Waals surface area contributed by atoms with Crippen LogP contribution in [-0.2, 0) is 10.4 Å². The number of nitrogens with zero attached hydrogens (tertiary/aromatic N) is 1. The molecular formula is C29H24N2O5. The molecule has 0 bridgehead atoms. The number of hydrazone groups is 1. The Labute approximate surface area is 208 Å². The van der Waals surface area contributed by atoms with E-state index in [4.69, 9.17) is 9.47 Å². The number of hydrogen-bond donors (Lipinski definition) is 2. The van der Waals surface area contributed by atoms with E-state index in [1.54, 1.807) is 109 Å². The van der Waals surface area contributed by atoms with Gasteiger partial charge in [0.1, 0.15) is 0 Å². The number of carbonyl (C=O) groups excluding carboxylic acids is 2. The van der Waals surface area contributed by atoms with E-state index in [0.717, 1.165) is 0 Å². The van der Waals surface area contributed by atoms with Crippen molar-refractivity contribution in [2.24, 2.45) is 5.10 Å². The van der Waals surface area contributed by atoms with E-state index < -0.39 is 17.5 Å². The molecule has 1 amide bonds. The van der Waals surface area contributed by atoms with Gasteiger partial charge in [-0.1, -0.05) is 78.9 Å². The molecule has 180 valence electrons. The van der Waals surface area contributed by atoms with Crippen LogP contribution in [0.25, 0.3) is 0 Å². The van der Waals surface area contributed by atoms with E-state index >= 15 is 0 Å². The zero-order valence-electron chi connectivity index (χ0n) is 19.5. The number of aliphatic hydroxyl groups is 1. The van der Waals surface area contributed by atoms with Gasteiger partial charge in [0.2, 0.25) is 0 Å². The van der Waals surface area contributed by atoms with Gasteiger partial charge in [0.05, 0.1) is 18.9 Å². The number of carbonyl (C=O) groups is 2. The van der Waals surface area contributed by atoms with Crippen LogP contribution in [0.15, 0.2) is 114 Å². The van der Waals surface area contributed by atoms with Gasteiger partial charge >= 0.3 is 5.97 Å². The fourth-order valence-electron chi connectivity index (χ4n) is 3.62. The Hall–Kier alpha value is -4.75. The molecule has 2 N–H and O–H groups in total. The SMILES string of the molecule is COc1ccc(/C=N\NC(=O)C(O)(c2ccccc2)c2ccccc2)cc1OC(=O)c1ccccc1. The van der Waals surface area contributed by atoms with Gasteiger partial charge < -0.3 is 14.6 Å². The van der Waals surface area contributed by atoms with Crippen LogP contribution in [0.4, 0.5) is 0 Å². The highest BCUT2D eigenvalue weighted by Gasteiger charge is 2.39. The van der Waals surface area contributed by atoms with Crippen molar-refractivity contribution in [2.45, 2.75) is 5.60 Å². The van der Waals surface area contributed by atoms with Crippen molar-refractivity contribution in [2.75, 3.05) is 7.11 Å². The third kappa shape index (κ3) is 5.32. The summed E-state index contributed by atoms with van der Waals surface area (Å²) < 4.78 is 10.8. The molecule has 36 heavy (non-hydrogen) atoms. The maximum Gasteiger partial charge on any atom is 0.343 e. The first-order chi connectivity index (χ1) is 17.5. The molecule has 4 rings (SSSR count). The fraction of sp³-hybridized carbons (Fsp3) is 0.0690. The van der Waals surface area contributed by atoms with Crippen molar-refractivity contribution < 1.29 is 24.2 Å². The first-order valence-corrected chi connectivity index (χ1v) is 11.1. The monoisotopic (exact) mass is 480 g/mol. The van der Waals surface area contributed by atoms with E-state index in [-0.39, 0.29) is 5.75 Å². The molecule has 0 aliphatic heterocycles. The highest BCUT2D eigenvalue weighted by atomic mass is 16.6. The topological polar surface area (TPSA) is 97.2 Å². The van der Waals surface area contributed by atoms with Gasteiger partial charge in [-0.3, -0.25) is 4.79 Å². The van der Waals surface area contributed by atoms with Gasteiger partial charge in [0.15, 0.2) is 17.1 Å². The minimum atomic E-state index is -1.95. The second-order valence-corrected chi connectivity index (χ2v) is 7.81. The third-order valence-corrected chi connectivity index (χ3v) is 5.49. The number of hydrogen-bond acceptors (Lipinski definition) is 6. The Morgan fingerprint density at radius 2 is 1.36 bits per heavy atom. The Kier molecular flexibility index (Phi) is 7.53. The Balaban J connectivity index is 1.54. The summed E-state index contributed by atoms with van der Waals surface area (Å²) in [6.45, 7) is 0. The highest BCUT2D eigenvalue weighted by Crippen LogP contribution is 2.30. The minimum Gasteiger partial charge on any atom is -0.493 e. The van der Waals surface area contributed by atoms with Gasteiger partial charge in [-0.15, -0.1) is 0 Å². The van der Waals surface area contributed by atoms with E-state index in [0.29, 0.717) is 28.0 Å². The molecule has 0 saturated carbocycles.